The molecule has 0 bridgehead atoms. The maximum Gasteiger partial charge on any atom is 0.163 e. The molecule has 0 spiro atoms. The lowest BCUT2D eigenvalue weighted by molar-refractivity contribution is 0.758. The normalized spacial score (nSPS) is 14.6. The SMILES string of the molecule is C1=CC(c2nc(-c3ccccc3)nc(-c3ccccc3)n2)CC(n2c3ccccc3c3cc4c5ccccc5n(-c5ccccc5)c4cc32)=C1. The predicted molar refractivity (Wildman–Crippen MR) is 205 cm³/mol. The first-order valence-corrected chi connectivity index (χ1v) is 17.1. The van der Waals surface area contributed by atoms with Crippen molar-refractivity contribution in [2.24, 2.45) is 0 Å². The molecule has 3 heterocycles. The summed E-state index contributed by atoms with van der Waals surface area (Å²) in [6, 6.07) is 53.3. The summed E-state index contributed by atoms with van der Waals surface area (Å²) in [6.45, 7) is 0. The maximum atomic E-state index is 5.09. The van der Waals surface area contributed by atoms with Crippen molar-refractivity contribution >= 4 is 49.3 Å². The Labute approximate surface area is 289 Å². The molecule has 0 N–H and O–H groups in total. The molecule has 6 aromatic carbocycles. The Kier molecular flexibility index (Phi) is 6.56. The van der Waals surface area contributed by atoms with Crippen LogP contribution in [0.5, 0.6) is 0 Å². The van der Waals surface area contributed by atoms with Crippen LogP contribution in [-0.2, 0) is 0 Å². The topological polar surface area (TPSA) is 48.5 Å². The minimum absolute atomic E-state index is 0.0290. The lowest BCUT2D eigenvalue weighted by Crippen LogP contribution is -2.11. The Morgan fingerprint density at radius 2 is 0.980 bits per heavy atom. The number of hydrogen-bond acceptors (Lipinski definition) is 3. The van der Waals surface area contributed by atoms with Crippen LogP contribution in [0.2, 0.25) is 0 Å². The van der Waals surface area contributed by atoms with E-state index in [1.807, 2.05) is 36.4 Å². The van der Waals surface area contributed by atoms with Crippen LogP contribution >= 0.6 is 0 Å². The molecule has 0 aliphatic heterocycles. The second-order valence-electron chi connectivity index (χ2n) is 12.9. The Bertz CT molecular complexity index is 2720. The lowest BCUT2D eigenvalue weighted by Gasteiger charge is -2.21. The van der Waals surface area contributed by atoms with Crippen LogP contribution in [0.25, 0.3) is 77.8 Å². The van der Waals surface area contributed by atoms with Gasteiger partial charge in [0.2, 0.25) is 0 Å². The Morgan fingerprint density at radius 3 is 1.60 bits per heavy atom. The van der Waals surface area contributed by atoms with E-state index in [9.17, 15) is 0 Å². The molecule has 9 aromatic rings. The van der Waals surface area contributed by atoms with E-state index in [4.69, 9.17) is 15.0 Å². The summed E-state index contributed by atoms with van der Waals surface area (Å²) in [6.07, 6.45) is 7.38. The molecule has 0 saturated carbocycles. The van der Waals surface area contributed by atoms with E-state index >= 15 is 0 Å². The van der Waals surface area contributed by atoms with Gasteiger partial charge in [-0.25, -0.2) is 15.0 Å². The van der Waals surface area contributed by atoms with Crippen molar-refractivity contribution in [3.8, 4) is 28.5 Å². The van der Waals surface area contributed by atoms with Gasteiger partial charge in [-0.2, -0.15) is 0 Å². The zero-order chi connectivity index (χ0) is 33.0. The van der Waals surface area contributed by atoms with Crippen molar-refractivity contribution in [3.63, 3.8) is 0 Å². The third-order valence-corrected chi connectivity index (χ3v) is 9.88. The molecule has 1 atom stereocenters. The molecule has 10 rings (SSSR count). The van der Waals surface area contributed by atoms with Gasteiger partial charge in [0.1, 0.15) is 5.82 Å². The van der Waals surface area contributed by atoms with E-state index in [2.05, 4.69) is 143 Å². The Balaban J connectivity index is 1.15. The molecule has 5 nitrogen and oxygen atoms in total. The van der Waals surface area contributed by atoms with Crippen LogP contribution in [0.1, 0.15) is 18.2 Å². The average Bonchev–Trinajstić information content (AvgIpc) is 3.70. The monoisotopic (exact) mass is 641 g/mol. The predicted octanol–water partition coefficient (Wildman–Crippen LogP) is 11.0. The fraction of sp³-hybridized carbons (Fsp3) is 0.0444. The molecule has 0 radical (unpaired) electrons. The van der Waals surface area contributed by atoms with E-state index in [0.29, 0.717) is 11.6 Å². The molecule has 1 aliphatic carbocycles. The highest BCUT2D eigenvalue weighted by molar-refractivity contribution is 6.19. The number of rotatable bonds is 5. The first-order valence-electron chi connectivity index (χ1n) is 17.1. The summed E-state index contributed by atoms with van der Waals surface area (Å²) in [4.78, 5) is 15.1. The van der Waals surface area contributed by atoms with Crippen LogP contribution in [0.15, 0.2) is 170 Å². The van der Waals surface area contributed by atoms with Crippen molar-refractivity contribution in [1.82, 2.24) is 24.1 Å². The Hall–Kier alpha value is -6.59. The van der Waals surface area contributed by atoms with Crippen LogP contribution in [0.4, 0.5) is 0 Å². The molecule has 236 valence electrons. The third-order valence-electron chi connectivity index (χ3n) is 9.88. The number of allylic oxidation sites excluding steroid dienone is 4. The van der Waals surface area contributed by atoms with Gasteiger partial charge in [0.25, 0.3) is 0 Å². The molecule has 1 unspecified atom stereocenters. The number of para-hydroxylation sites is 3. The first kappa shape index (κ1) is 28.4. The van der Waals surface area contributed by atoms with Crippen LogP contribution < -0.4 is 0 Å². The number of aromatic nitrogens is 5. The zero-order valence-electron chi connectivity index (χ0n) is 27.2. The number of hydrogen-bond donors (Lipinski definition) is 0. The molecule has 50 heavy (non-hydrogen) atoms. The van der Waals surface area contributed by atoms with Gasteiger partial charge in [0.05, 0.1) is 22.1 Å². The number of benzene rings is 6. The van der Waals surface area contributed by atoms with Crippen molar-refractivity contribution in [3.05, 3.63) is 176 Å². The fourth-order valence-electron chi connectivity index (χ4n) is 7.59. The van der Waals surface area contributed by atoms with Crippen LogP contribution in [-0.4, -0.2) is 24.1 Å². The van der Waals surface area contributed by atoms with Gasteiger partial charge in [0.15, 0.2) is 11.6 Å². The van der Waals surface area contributed by atoms with E-state index < -0.39 is 0 Å². The highest BCUT2D eigenvalue weighted by Gasteiger charge is 2.24. The standard InChI is InChI=1S/C45H31N5/c1-4-15-30(16-5-1)43-46-44(31-17-6-2-7-18-31)48-45(47-43)32-19-14-22-34(27-32)50-40-26-13-11-24-36(40)38-28-37-35-23-10-12-25-39(35)49(41(37)29-42(38)50)33-20-8-3-9-21-33/h1-26,28-29,32H,27H2. The smallest absolute Gasteiger partial charge is 0.163 e. The van der Waals surface area contributed by atoms with Gasteiger partial charge in [-0.1, -0.05) is 127 Å². The highest BCUT2D eigenvalue weighted by Crippen LogP contribution is 2.41. The molecule has 0 amide bonds. The summed E-state index contributed by atoms with van der Waals surface area (Å²) in [5.74, 6) is 2.12. The van der Waals surface area contributed by atoms with Gasteiger partial charge in [-0.05, 0) is 42.5 Å². The van der Waals surface area contributed by atoms with Gasteiger partial charge >= 0.3 is 0 Å². The molecule has 0 saturated heterocycles. The highest BCUT2D eigenvalue weighted by atomic mass is 15.0. The molecule has 5 heteroatoms. The molecule has 1 aliphatic rings. The minimum atomic E-state index is -0.0290. The lowest BCUT2D eigenvalue weighted by atomic mass is 9.96. The van der Waals surface area contributed by atoms with Crippen LogP contribution in [0, 0.1) is 0 Å². The van der Waals surface area contributed by atoms with Gasteiger partial charge in [-0.15, -0.1) is 0 Å². The summed E-state index contributed by atoms with van der Waals surface area (Å²) >= 11 is 0. The van der Waals surface area contributed by atoms with Gasteiger partial charge in [-0.3, -0.25) is 0 Å². The van der Waals surface area contributed by atoms with Crippen molar-refractivity contribution in [2.75, 3.05) is 0 Å². The largest absolute Gasteiger partial charge is 0.313 e. The fourth-order valence-corrected chi connectivity index (χ4v) is 7.59. The molecule has 0 fully saturated rings. The quantitative estimate of drug-likeness (QED) is 0.188. The summed E-state index contributed by atoms with van der Waals surface area (Å²) in [5.41, 5.74) is 9.08. The summed E-state index contributed by atoms with van der Waals surface area (Å²) in [5, 5.41) is 4.99. The van der Waals surface area contributed by atoms with E-state index in [1.165, 1.54) is 49.3 Å². The zero-order valence-corrected chi connectivity index (χ0v) is 27.2. The van der Waals surface area contributed by atoms with E-state index in [-0.39, 0.29) is 5.92 Å². The maximum absolute atomic E-state index is 5.09. The number of fused-ring (bicyclic) bond motifs is 6. The van der Waals surface area contributed by atoms with Gasteiger partial charge < -0.3 is 9.13 Å². The minimum Gasteiger partial charge on any atom is -0.313 e. The van der Waals surface area contributed by atoms with Crippen LogP contribution in [0.3, 0.4) is 0 Å². The van der Waals surface area contributed by atoms with Crippen molar-refractivity contribution < 1.29 is 0 Å². The summed E-state index contributed by atoms with van der Waals surface area (Å²) in [7, 11) is 0. The Morgan fingerprint density at radius 1 is 0.460 bits per heavy atom. The first-order chi connectivity index (χ1) is 24.8. The molecular formula is C45H31N5. The summed E-state index contributed by atoms with van der Waals surface area (Å²) < 4.78 is 4.84. The second kappa shape index (κ2) is 11.5. The van der Waals surface area contributed by atoms with Crippen molar-refractivity contribution in [1.29, 1.82) is 0 Å². The van der Waals surface area contributed by atoms with Crippen molar-refractivity contribution in [2.45, 2.75) is 12.3 Å². The second-order valence-corrected chi connectivity index (χ2v) is 12.9. The number of nitrogens with zero attached hydrogens (tertiary/aromatic N) is 5. The van der Waals surface area contributed by atoms with Gasteiger partial charge in [0, 0.05) is 56.4 Å². The van der Waals surface area contributed by atoms with E-state index in [1.54, 1.807) is 0 Å². The average molecular weight is 642 g/mol. The molecular weight excluding hydrogens is 611 g/mol. The third kappa shape index (κ3) is 4.59. The van der Waals surface area contributed by atoms with E-state index in [0.717, 1.165) is 29.1 Å². The molecule has 3 aromatic heterocycles.